The molecule has 20 heavy (non-hydrogen) atoms. The van der Waals surface area contributed by atoms with Crippen LogP contribution in [-0.4, -0.2) is 25.2 Å². The van der Waals surface area contributed by atoms with Crippen LogP contribution < -0.4 is 10.6 Å². The fourth-order valence-corrected chi connectivity index (χ4v) is 2.23. The van der Waals surface area contributed by atoms with Crippen molar-refractivity contribution in [3.05, 3.63) is 29.6 Å². The molecule has 1 unspecified atom stereocenters. The van der Waals surface area contributed by atoms with Gasteiger partial charge in [-0.15, -0.1) is 0 Å². The highest BCUT2D eigenvalue weighted by atomic mass is 19.4. The van der Waals surface area contributed by atoms with Gasteiger partial charge in [-0.25, -0.2) is 4.39 Å². The molecule has 0 saturated carbocycles. The Morgan fingerprint density at radius 2 is 2.10 bits per heavy atom. The Hall–Kier alpha value is -1.63. The van der Waals surface area contributed by atoms with E-state index in [0.29, 0.717) is 5.56 Å². The van der Waals surface area contributed by atoms with Crippen LogP contribution in [-0.2, 0) is 4.79 Å². The summed E-state index contributed by atoms with van der Waals surface area (Å²) in [6, 6.07) is 3.60. The molecule has 1 aromatic carbocycles. The molecule has 2 rings (SSSR count). The summed E-state index contributed by atoms with van der Waals surface area (Å²) < 4.78 is 52.6. The molecule has 3 nitrogen and oxygen atoms in total. The van der Waals surface area contributed by atoms with Crippen molar-refractivity contribution in [3.8, 4) is 0 Å². The van der Waals surface area contributed by atoms with Crippen LogP contribution in [0.1, 0.15) is 12.0 Å². The van der Waals surface area contributed by atoms with Gasteiger partial charge in [0, 0.05) is 12.2 Å². The lowest BCUT2D eigenvalue weighted by atomic mass is 9.85. The van der Waals surface area contributed by atoms with E-state index in [1.165, 1.54) is 12.1 Å². The van der Waals surface area contributed by atoms with Crippen molar-refractivity contribution in [2.45, 2.75) is 19.5 Å². The van der Waals surface area contributed by atoms with Gasteiger partial charge in [-0.3, -0.25) is 4.79 Å². The maximum absolute atomic E-state index is 13.2. The summed E-state index contributed by atoms with van der Waals surface area (Å²) in [5, 5.41) is 4.76. The zero-order valence-electron chi connectivity index (χ0n) is 10.8. The largest absolute Gasteiger partial charge is 0.404 e. The summed E-state index contributed by atoms with van der Waals surface area (Å²) in [6.45, 7) is 1.24. The van der Waals surface area contributed by atoms with E-state index < -0.39 is 29.9 Å². The molecule has 1 amide bonds. The molecule has 0 bridgehead atoms. The van der Waals surface area contributed by atoms with Crippen molar-refractivity contribution in [3.63, 3.8) is 0 Å². The second-order valence-corrected chi connectivity index (χ2v) is 4.92. The number of aryl methyl sites for hydroxylation is 1. The quantitative estimate of drug-likeness (QED) is 0.822. The van der Waals surface area contributed by atoms with E-state index in [1.807, 2.05) is 0 Å². The molecule has 1 atom stereocenters. The van der Waals surface area contributed by atoms with Gasteiger partial charge in [0.25, 0.3) is 0 Å². The number of hydrogen-bond donors (Lipinski definition) is 2. The van der Waals surface area contributed by atoms with Crippen LogP contribution in [0.15, 0.2) is 18.2 Å². The molecule has 0 aliphatic carbocycles. The van der Waals surface area contributed by atoms with E-state index in [4.69, 9.17) is 0 Å². The van der Waals surface area contributed by atoms with Crippen LogP contribution >= 0.6 is 0 Å². The van der Waals surface area contributed by atoms with Crippen molar-refractivity contribution in [2.24, 2.45) is 5.41 Å². The molecular formula is C13H14F4N2O. The molecule has 0 aromatic heterocycles. The molecule has 2 N–H and O–H groups in total. The van der Waals surface area contributed by atoms with E-state index in [-0.39, 0.29) is 18.7 Å². The molecule has 0 spiro atoms. The Morgan fingerprint density at radius 1 is 1.40 bits per heavy atom. The number of amides is 1. The van der Waals surface area contributed by atoms with Crippen LogP contribution in [0, 0.1) is 18.2 Å². The molecule has 1 saturated heterocycles. The minimum atomic E-state index is -4.65. The van der Waals surface area contributed by atoms with Crippen molar-refractivity contribution < 1.29 is 22.4 Å². The number of halogens is 4. The maximum atomic E-state index is 13.2. The van der Waals surface area contributed by atoms with Crippen LogP contribution in [0.25, 0.3) is 0 Å². The first kappa shape index (κ1) is 14.8. The molecule has 1 fully saturated rings. The van der Waals surface area contributed by atoms with Gasteiger partial charge in [-0.2, -0.15) is 13.2 Å². The molecule has 0 radical (unpaired) electrons. The standard InChI is InChI=1S/C13H14F4N2O/c1-8-2-3-9(14)6-10(8)19-11(20)12(13(15,16)17)4-5-18-7-12/h2-3,6,18H,4-5,7H2,1H3,(H,19,20). The number of anilines is 1. The third kappa shape index (κ3) is 2.49. The lowest BCUT2D eigenvalue weighted by molar-refractivity contribution is -0.213. The third-order valence-electron chi connectivity index (χ3n) is 3.58. The Morgan fingerprint density at radius 3 is 2.65 bits per heavy atom. The molecule has 1 aromatic rings. The molecule has 1 aliphatic rings. The van der Waals surface area contributed by atoms with Crippen LogP contribution in [0.2, 0.25) is 0 Å². The fourth-order valence-electron chi connectivity index (χ4n) is 2.23. The summed E-state index contributed by atoms with van der Waals surface area (Å²) in [4.78, 5) is 12.1. The Balaban J connectivity index is 2.28. The van der Waals surface area contributed by atoms with Crippen molar-refractivity contribution in [1.82, 2.24) is 5.32 Å². The number of rotatable bonds is 2. The van der Waals surface area contributed by atoms with Crippen molar-refractivity contribution in [1.29, 1.82) is 0 Å². The minimum absolute atomic E-state index is 0.0607. The van der Waals surface area contributed by atoms with Gasteiger partial charge in [0.15, 0.2) is 5.41 Å². The Kier molecular flexibility index (Phi) is 3.73. The van der Waals surface area contributed by atoms with Gasteiger partial charge in [0.1, 0.15) is 5.82 Å². The van der Waals surface area contributed by atoms with Gasteiger partial charge in [-0.05, 0) is 37.6 Å². The van der Waals surface area contributed by atoms with Gasteiger partial charge in [0.2, 0.25) is 5.91 Å². The predicted molar refractivity (Wildman–Crippen MR) is 65.7 cm³/mol. The smallest absolute Gasteiger partial charge is 0.325 e. The summed E-state index contributed by atoms with van der Waals surface area (Å²) in [5.41, 5.74) is -1.89. The van der Waals surface area contributed by atoms with Gasteiger partial charge in [0.05, 0.1) is 0 Å². The molecule has 1 heterocycles. The number of nitrogens with one attached hydrogen (secondary N) is 2. The summed E-state index contributed by atoms with van der Waals surface area (Å²) in [5.74, 6) is -1.76. The fraction of sp³-hybridized carbons (Fsp3) is 0.462. The van der Waals surface area contributed by atoms with E-state index in [0.717, 1.165) is 6.07 Å². The summed E-state index contributed by atoms with van der Waals surface area (Å²) in [7, 11) is 0. The topological polar surface area (TPSA) is 41.1 Å². The SMILES string of the molecule is Cc1ccc(F)cc1NC(=O)C1(C(F)(F)F)CCNC1. The normalized spacial score (nSPS) is 22.9. The Bertz CT molecular complexity index is 522. The Labute approximate surface area is 113 Å². The monoisotopic (exact) mass is 290 g/mol. The maximum Gasteiger partial charge on any atom is 0.404 e. The highest BCUT2D eigenvalue weighted by molar-refractivity contribution is 5.97. The van der Waals surface area contributed by atoms with Crippen LogP contribution in [0.3, 0.4) is 0 Å². The van der Waals surface area contributed by atoms with E-state index in [9.17, 15) is 22.4 Å². The van der Waals surface area contributed by atoms with Gasteiger partial charge >= 0.3 is 6.18 Å². The first-order chi connectivity index (χ1) is 9.26. The van der Waals surface area contributed by atoms with E-state index in [1.54, 1.807) is 6.92 Å². The number of carbonyl (C=O) groups is 1. The minimum Gasteiger partial charge on any atom is -0.325 e. The van der Waals surface area contributed by atoms with Crippen LogP contribution in [0.4, 0.5) is 23.2 Å². The lowest BCUT2D eigenvalue weighted by Crippen LogP contribution is -2.49. The lowest BCUT2D eigenvalue weighted by Gasteiger charge is -2.29. The van der Waals surface area contributed by atoms with Crippen molar-refractivity contribution >= 4 is 11.6 Å². The first-order valence-electron chi connectivity index (χ1n) is 6.11. The first-order valence-corrected chi connectivity index (χ1v) is 6.11. The highest BCUT2D eigenvalue weighted by Crippen LogP contribution is 2.43. The number of carbonyl (C=O) groups excluding carboxylic acids is 1. The predicted octanol–water partition coefficient (Wildman–Crippen LogP) is 2.61. The highest BCUT2D eigenvalue weighted by Gasteiger charge is 2.61. The second-order valence-electron chi connectivity index (χ2n) is 4.92. The number of hydrogen-bond acceptors (Lipinski definition) is 2. The van der Waals surface area contributed by atoms with Gasteiger partial charge in [-0.1, -0.05) is 6.07 Å². The molecule has 7 heteroatoms. The van der Waals surface area contributed by atoms with E-state index in [2.05, 4.69) is 10.6 Å². The summed E-state index contributed by atoms with van der Waals surface area (Å²) >= 11 is 0. The van der Waals surface area contributed by atoms with Gasteiger partial charge < -0.3 is 10.6 Å². The average molecular weight is 290 g/mol. The number of alkyl halides is 3. The molecule has 1 aliphatic heterocycles. The zero-order chi connectivity index (χ0) is 15.0. The third-order valence-corrected chi connectivity index (χ3v) is 3.58. The van der Waals surface area contributed by atoms with Crippen LogP contribution in [0.5, 0.6) is 0 Å². The second kappa shape index (κ2) is 5.05. The average Bonchev–Trinajstić information content (AvgIpc) is 2.83. The van der Waals surface area contributed by atoms with Crippen molar-refractivity contribution in [2.75, 3.05) is 18.4 Å². The molecular weight excluding hydrogens is 276 g/mol. The molecule has 110 valence electrons. The number of benzene rings is 1. The van der Waals surface area contributed by atoms with E-state index >= 15 is 0 Å². The zero-order valence-corrected chi connectivity index (χ0v) is 10.8. The summed E-state index contributed by atoms with van der Waals surface area (Å²) in [6.07, 6.45) is -4.97.